The quantitative estimate of drug-likeness (QED) is 0.580. The zero-order valence-corrected chi connectivity index (χ0v) is 18.8. The summed E-state index contributed by atoms with van der Waals surface area (Å²) in [6.45, 7) is 2.55. The minimum absolute atomic E-state index is 0.117. The number of carbonyl (C=O) groups is 2. The van der Waals surface area contributed by atoms with Crippen molar-refractivity contribution in [1.29, 1.82) is 0 Å². The first-order valence-corrected chi connectivity index (χ1v) is 11.7. The summed E-state index contributed by atoms with van der Waals surface area (Å²) in [7, 11) is 0. The van der Waals surface area contributed by atoms with Gasteiger partial charge in [-0.3, -0.25) is 9.59 Å². The highest BCUT2D eigenvalue weighted by molar-refractivity contribution is 5.98. The Labute approximate surface area is 193 Å². The third-order valence-electron chi connectivity index (χ3n) is 7.48. The van der Waals surface area contributed by atoms with Crippen molar-refractivity contribution in [2.45, 2.75) is 51.6 Å². The average molecular weight is 444 g/mol. The summed E-state index contributed by atoms with van der Waals surface area (Å²) in [6, 6.07) is 17.1. The number of para-hydroxylation sites is 1. The summed E-state index contributed by atoms with van der Waals surface area (Å²) in [5.74, 6) is 0.406. The van der Waals surface area contributed by atoms with E-state index in [1.165, 1.54) is 36.8 Å². The lowest BCUT2D eigenvalue weighted by Gasteiger charge is -2.34. The molecule has 0 radical (unpaired) electrons. The van der Waals surface area contributed by atoms with Gasteiger partial charge in [0.1, 0.15) is 0 Å². The van der Waals surface area contributed by atoms with E-state index in [4.69, 9.17) is 0 Å². The number of aromatic nitrogens is 3. The molecule has 2 fully saturated rings. The summed E-state index contributed by atoms with van der Waals surface area (Å²) in [4.78, 5) is 25.8. The van der Waals surface area contributed by atoms with Crippen LogP contribution in [0.3, 0.4) is 0 Å². The predicted octanol–water partition coefficient (Wildman–Crippen LogP) is 3.90. The number of rotatable bonds is 7. The number of nitrogens with zero attached hydrogens (tertiary/aromatic N) is 3. The van der Waals surface area contributed by atoms with Crippen LogP contribution in [0.4, 0.5) is 0 Å². The number of carbonyl (C=O) groups excluding carboxylic acids is 2. The Morgan fingerprint density at radius 2 is 1.79 bits per heavy atom. The van der Waals surface area contributed by atoms with E-state index in [0.717, 1.165) is 11.5 Å². The third kappa shape index (κ3) is 4.27. The highest BCUT2D eigenvalue weighted by Crippen LogP contribution is 2.55. The second-order valence-electron chi connectivity index (χ2n) is 9.44. The van der Waals surface area contributed by atoms with Crippen molar-refractivity contribution in [1.82, 2.24) is 25.6 Å². The van der Waals surface area contributed by atoms with Crippen LogP contribution in [0.5, 0.6) is 0 Å². The van der Waals surface area contributed by atoms with Crippen molar-refractivity contribution in [3.05, 3.63) is 77.6 Å². The zero-order chi connectivity index (χ0) is 22.8. The van der Waals surface area contributed by atoms with Crippen LogP contribution in [0.2, 0.25) is 0 Å². The van der Waals surface area contributed by atoms with Gasteiger partial charge in [-0.2, -0.15) is 0 Å². The molecule has 1 unspecified atom stereocenters. The molecule has 33 heavy (non-hydrogen) atoms. The first kappa shape index (κ1) is 21.4. The van der Waals surface area contributed by atoms with Crippen LogP contribution in [0.1, 0.15) is 65.4 Å². The van der Waals surface area contributed by atoms with E-state index >= 15 is 0 Å². The molecule has 3 aromatic rings. The molecule has 170 valence electrons. The smallest absolute Gasteiger partial charge is 0.273 e. The third-order valence-corrected chi connectivity index (χ3v) is 7.48. The number of nitrogens with one attached hydrogen (secondary N) is 2. The fraction of sp³-hybridized carbons (Fsp3) is 0.385. The van der Waals surface area contributed by atoms with Crippen molar-refractivity contribution in [3.8, 4) is 5.69 Å². The molecule has 1 heterocycles. The van der Waals surface area contributed by atoms with Gasteiger partial charge in [-0.1, -0.05) is 47.7 Å². The lowest BCUT2D eigenvalue weighted by Crippen LogP contribution is -2.44. The molecular formula is C26H29N5O2. The number of fused-ring (bicyclic) bond motifs is 2. The van der Waals surface area contributed by atoms with E-state index in [1.54, 1.807) is 12.3 Å². The van der Waals surface area contributed by atoms with Crippen molar-refractivity contribution in [2.75, 3.05) is 0 Å². The average Bonchev–Trinajstić information content (AvgIpc) is 3.60. The Balaban J connectivity index is 1.29. The monoisotopic (exact) mass is 443 g/mol. The van der Waals surface area contributed by atoms with E-state index in [9.17, 15) is 9.59 Å². The minimum atomic E-state index is -0.309. The molecule has 2 saturated carbocycles. The van der Waals surface area contributed by atoms with Crippen LogP contribution >= 0.6 is 0 Å². The lowest BCUT2D eigenvalue weighted by atomic mass is 9.78. The number of amides is 2. The lowest BCUT2D eigenvalue weighted by molar-refractivity contribution is 0.0888. The molecule has 1 aromatic heterocycles. The molecule has 0 spiro atoms. The standard InChI is InChI=1S/C26H29N5O2/c1-18(26-13-11-19(15-26)12-14-26)28-24(32)21-9-5-6-10-23(21)31-17-22(29-30-31)25(33)27-16-20-7-3-2-4-8-20/h2-10,17-19H,11-16H2,1H3,(H,27,33)(H,28,32). The van der Waals surface area contributed by atoms with Crippen molar-refractivity contribution >= 4 is 11.8 Å². The molecule has 5 rings (SSSR count). The van der Waals surface area contributed by atoms with Gasteiger partial charge in [0, 0.05) is 12.6 Å². The van der Waals surface area contributed by atoms with Crippen LogP contribution in [0.15, 0.2) is 60.8 Å². The van der Waals surface area contributed by atoms with E-state index in [1.807, 2.05) is 48.5 Å². The van der Waals surface area contributed by atoms with Crippen LogP contribution in [0.25, 0.3) is 5.69 Å². The Hall–Kier alpha value is -3.48. The first-order chi connectivity index (χ1) is 16.0. The van der Waals surface area contributed by atoms with Gasteiger partial charge in [0.05, 0.1) is 17.4 Å². The molecule has 2 aliphatic carbocycles. The summed E-state index contributed by atoms with van der Waals surface area (Å²) >= 11 is 0. The van der Waals surface area contributed by atoms with E-state index in [-0.39, 0.29) is 29.0 Å². The maximum Gasteiger partial charge on any atom is 0.273 e. The fourth-order valence-electron chi connectivity index (χ4n) is 5.49. The van der Waals surface area contributed by atoms with E-state index < -0.39 is 0 Å². The summed E-state index contributed by atoms with van der Waals surface area (Å²) < 4.78 is 1.50. The van der Waals surface area contributed by atoms with Gasteiger partial charge in [0.15, 0.2) is 5.69 Å². The van der Waals surface area contributed by atoms with Gasteiger partial charge < -0.3 is 10.6 Å². The van der Waals surface area contributed by atoms with Gasteiger partial charge >= 0.3 is 0 Å². The molecule has 7 heteroatoms. The number of hydrogen-bond donors (Lipinski definition) is 2. The van der Waals surface area contributed by atoms with E-state index in [2.05, 4.69) is 27.9 Å². The van der Waals surface area contributed by atoms with Crippen LogP contribution in [-0.2, 0) is 6.54 Å². The molecule has 7 nitrogen and oxygen atoms in total. The molecular weight excluding hydrogens is 414 g/mol. The molecule has 2 amide bonds. The van der Waals surface area contributed by atoms with Crippen LogP contribution < -0.4 is 10.6 Å². The topological polar surface area (TPSA) is 88.9 Å². The Bertz CT molecular complexity index is 1150. The normalized spacial score (nSPS) is 22.2. The van der Waals surface area contributed by atoms with Gasteiger partial charge in [-0.25, -0.2) is 4.68 Å². The van der Waals surface area contributed by atoms with E-state index in [0.29, 0.717) is 17.8 Å². The maximum absolute atomic E-state index is 13.2. The molecule has 0 aliphatic heterocycles. The van der Waals surface area contributed by atoms with Gasteiger partial charge in [-0.05, 0) is 68.1 Å². The number of hydrogen-bond acceptors (Lipinski definition) is 4. The summed E-state index contributed by atoms with van der Waals surface area (Å²) in [5.41, 5.74) is 2.58. The second-order valence-corrected chi connectivity index (χ2v) is 9.44. The van der Waals surface area contributed by atoms with Gasteiger partial charge in [0.2, 0.25) is 0 Å². The van der Waals surface area contributed by atoms with Crippen LogP contribution in [0, 0.1) is 11.3 Å². The first-order valence-electron chi connectivity index (χ1n) is 11.7. The second kappa shape index (κ2) is 8.81. The minimum Gasteiger partial charge on any atom is -0.349 e. The predicted molar refractivity (Wildman–Crippen MR) is 125 cm³/mol. The maximum atomic E-state index is 13.2. The molecule has 2 aliphatic rings. The fourth-order valence-corrected chi connectivity index (χ4v) is 5.49. The van der Waals surface area contributed by atoms with Gasteiger partial charge in [-0.15, -0.1) is 5.10 Å². The largest absolute Gasteiger partial charge is 0.349 e. The zero-order valence-electron chi connectivity index (χ0n) is 18.8. The summed E-state index contributed by atoms with van der Waals surface area (Å²) in [6.07, 6.45) is 7.75. The molecule has 1 atom stereocenters. The summed E-state index contributed by atoms with van der Waals surface area (Å²) in [5, 5.41) is 14.3. The number of benzene rings is 2. The van der Waals surface area contributed by atoms with Crippen molar-refractivity contribution < 1.29 is 9.59 Å². The van der Waals surface area contributed by atoms with Gasteiger partial charge in [0.25, 0.3) is 11.8 Å². The molecule has 2 aromatic carbocycles. The Morgan fingerprint density at radius 3 is 2.52 bits per heavy atom. The SMILES string of the molecule is CC(NC(=O)c1ccccc1-n1cc(C(=O)NCc2ccccc2)nn1)C12CCC(CC1)C2. The molecule has 0 saturated heterocycles. The highest BCUT2D eigenvalue weighted by Gasteiger charge is 2.48. The molecule has 2 bridgehead atoms. The Morgan fingerprint density at radius 1 is 1.06 bits per heavy atom. The molecule has 2 N–H and O–H groups in total. The Kier molecular flexibility index (Phi) is 5.70. The van der Waals surface area contributed by atoms with Crippen molar-refractivity contribution in [2.24, 2.45) is 11.3 Å². The van der Waals surface area contributed by atoms with Crippen molar-refractivity contribution in [3.63, 3.8) is 0 Å². The highest BCUT2D eigenvalue weighted by atomic mass is 16.2. The van der Waals surface area contributed by atoms with Crippen LogP contribution in [-0.4, -0.2) is 32.9 Å².